The van der Waals surface area contributed by atoms with Crippen LogP contribution in [0.1, 0.15) is 28.4 Å². The third-order valence-electron chi connectivity index (χ3n) is 4.89. The number of hydrazone groups is 1. The molecule has 0 unspecified atom stereocenters. The van der Waals surface area contributed by atoms with Crippen molar-refractivity contribution in [1.29, 1.82) is 0 Å². The molecule has 0 heterocycles. The van der Waals surface area contributed by atoms with E-state index in [1.54, 1.807) is 42.5 Å². The zero-order valence-corrected chi connectivity index (χ0v) is 21.4. The lowest BCUT2D eigenvalue weighted by Crippen LogP contribution is -2.17. The summed E-state index contributed by atoms with van der Waals surface area (Å²) in [5.74, 6) is 1.48. The van der Waals surface area contributed by atoms with E-state index in [1.807, 2.05) is 6.92 Å². The molecular formula is C25H24BrN3O7. The van der Waals surface area contributed by atoms with Crippen molar-refractivity contribution >= 4 is 33.7 Å². The minimum absolute atomic E-state index is 0.00923. The SMILES string of the molecule is CCOc1cc(C(=O)N/N=C/c2cc(Br)c(OCc3ccc([N+](=O)[O-])cc3)c(OC)c2)ccc1OC. The summed E-state index contributed by atoms with van der Waals surface area (Å²) in [5.41, 5.74) is 4.26. The predicted octanol–water partition coefficient (Wildman–Crippen LogP) is 5.12. The van der Waals surface area contributed by atoms with E-state index in [2.05, 4.69) is 26.5 Å². The number of hydrogen-bond donors (Lipinski definition) is 1. The number of rotatable bonds is 11. The van der Waals surface area contributed by atoms with E-state index in [4.69, 9.17) is 18.9 Å². The molecule has 3 aromatic carbocycles. The van der Waals surface area contributed by atoms with Gasteiger partial charge in [0.25, 0.3) is 11.6 Å². The maximum atomic E-state index is 12.5. The van der Waals surface area contributed by atoms with E-state index in [0.29, 0.717) is 45.2 Å². The number of hydrogen-bond acceptors (Lipinski definition) is 8. The van der Waals surface area contributed by atoms with Gasteiger partial charge in [-0.1, -0.05) is 0 Å². The first kappa shape index (κ1) is 26.5. The van der Waals surface area contributed by atoms with Crippen LogP contribution in [0.4, 0.5) is 5.69 Å². The van der Waals surface area contributed by atoms with Crippen molar-refractivity contribution in [2.24, 2.45) is 5.10 Å². The van der Waals surface area contributed by atoms with E-state index in [-0.39, 0.29) is 12.3 Å². The van der Waals surface area contributed by atoms with Gasteiger partial charge in [0.1, 0.15) is 6.61 Å². The third-order valence-corrected chi connectivity index (χ3v) is 5.48. The molecule has 3 rings (SSSR count). The Bertz CT molecular complexity index is 1260. The van der Waals surface area contributed by atoms with Crippen molar-refractivity contribution in [3.63, 3.8) is 0 Å². The van der Waals surface area contributed by atoms with Gasteiger partial charge in [-0.3, -0.25) is 14.9 Å². The first-order chi connectivity index (χ1) is 17.4. The van der Waals surface area contributed by atoms with Gasteiger partial charge >= 0.3 is 0 Å². The molecule has 0 saturated carbocycles. The van der Waals surface area contributed by atoms with Gasteiger partial charge in [0.2, 0.25) is 0 Å². The number of carbonyl (C=O) groups excluding carboxylic acids is 1. The van der Waals surface area contributed by atoms with Crippen molar-refractivity contribution in [3.8, 4) is 23.0 Å². The molecule has 0 atom stereocenters. The summed E-state index contributed by atoms with van der Waals surface area (Å²) < 4.78 is 22.7. The second kappa shape index (κ2) is 12.5. The predicted molar refractivity (Wildman–Crippen MR) is 137 cm³/mol. The molecule has 36 heavy (non-hydrogen) atoms. The monoisotopic (exact) mass is 557 g/mol. The Balaban J connectivity index is 1.68. The minimum Gasteiger partial charge on any atom is -0.493 e. The summed E-state index contributed by atoms with van der Waals surface area (Å²) >= 11 is 3.47. The number of carbonyl (C=O) groups is 1. The highest BCUT2D eigenvalue weighted by atomic mass is 79.9. The molecule has 0 aliphatic rings. The topological polar surface area (TPSA) is 122 Å². The first-order valence-electron chi connectivity index (χ1n) is 10.7. The summed E-state index contributed by atoms with van der Waals surface area (Å²) in [7, 11) is 3.03. The summed E-state index contributed by atoms with van der Waals surface area (Å²) in [6.45, 7) is 2.46. The molecule has 0 radical (unpaired) electrons. The van der Waals surface area contributed by atoms with Crippen LogP contribution in [0.2, 0.25) is 0 Å². The fraction of sp³-hybridized carbons (Fsp3) is 0.200. The van der Waals surface area contributed by atoms with E-state index in [1.165, 1.54) is 32.6 Å². The molecule has 0 aliphatic carbocycles. The fourth-order valence-corrected chi connectivity index (χ4v) is 3.71. The van der Waals surface area contributed by atoms with Crippen LogP contribution in [0.3, 0.4) is 0 Å². The number of halogens is 1. The maximum absolute atomic E-state index is 12.5. The molecule has 188 valence electrons. The maximum Gasteiger partial charge on any atom is 0.271 e. The molecule has 10 nitrogen and oxygen atoms in total. The van der Waals surface area contributed by atoms with Crippen LogP contribution in [0.25, 0.3) is 0 Å². The van der Waals surface area contributed by atoms with Gasteiger partial charge in [0.15, 0.2) is 23.0 Å². The third kappa shape index (κ3) is 6.72. The number of ether oxygens (including phenoxy) is 4. The summed E-state index contributed by atoms with van der Waals surface area (Å²) in [6.07, 6.45) is 1.47. The average Bonchev–Trinajstić information content (AvgIpc) is 2.88. The van der Waals surface area contributed by atoms with Gasteiger partial charge in [-0.05, 0) is 76.4 Å². The van der Waals surface area contributed by atoms with Gasteiger partial charge in [0.05, 0.1) is 36.4 Å². The molecule has 0 saturated heterocycles. The van der Waals surface area contributed by atoms with Gasteiger partial charge < -0.3 is 18.9 Å². The number of nitro benzene ring substituents is 1. The van der Waals surface area contributed by atoms with Crippen molar-refractivity contribution in [1.82, 2.24) is 5.43 Å². The smallest absolute Gasteiger partial charge is 0.271 e. The van der Waals surface area contributed by atoms with E-state index in [9.17, 15) is 14.9 Å². The summed E-state index contributed by atoms with van der Waals surface area (Å²) in [6, 6.07) is 14.4. The zero-order valence-electron chi connectivity index (χ0n) is 19.8. The highest BCUT2D eigenvalue weighted by Crippen LogP contribution is 2.37. The van der Waals surface area contributed by atoms with Crippen LogP contribution in [0, 0.1) is 10.1 Å². The van der Waals surface area contributed by atoms with Crippen LogP contribution in [0.5, 0.6) is 23.0 Å². The van der Waals surface area contributed by atoms with Crippen LogP contribution < -0.4 is 24.4 Å². The van der Waals surface area contributed by atoms with E-state index in [0.717, 1.165) is 5.56 Å². The van der Waals surface area contributed by atoms with Crippen molar-refractivity contribution in [2.75, 3.05) is 20.8 Å². The normalized spacial score (nSPS) is 10.7. The highest BCUT2D eigenvalue weighted by Gasteiger charge is 2.13. The molecule has 0 aliphatic heterocycles. The Kier molecular flexibility index (Phi) is 9.23. The number of non-ortho nitro benzene ring substituents is 1. The second-order valence-corrected chi connectivity index (χ2v) is 8.10. The molecule has 1 N–H and O–H groups in total. The van der Waals surface area contributed by atoms with Gasteiger partial charge in [-0.2, -0.15) is 5.10 Å². The molecule has 3 aromatic rings. The van der Waals surface area contributed by atoms with Gasteiger partial charge in [-0.25, -0.2) is 5.43 Å². The van der Waals surface area contributed by atoms with E-state index >= 15 is 0 Å². The summed E-state index contributed by atoms with van der Waals surface area (Å²) in [4.78, 5) is 22.9. The Hall–Kier alpha value is -4.12. The lowest BCUT2D eigenvalue weighted by atomic mass is 10.2. The largest absolute Gasteiger partial charge is 0.493 e. The summed E-state index contributed by atoms with van der Waals surface area (Å²) in [5, 5.41) is 14.8. The Morgan fingerprint density at radius 1 is 1.03 bits per heavy atom. The fourth-order valence-electron chi connectivity index (χ4n) is 3.14. The molecule has 1 amide bonds. The number of benzene rings is 3. The zero-order chi connectivity index (χ0) is 26.1. The van der Waals surface area contributed by atoms with Crippen LogP contribution >= 0.6 is 15.9 Å². The van der Waals surface area contributed by atoms with Crippen LogP contribution in [-0.2, 0) is 6.61 Å². The Labute approximate surface area is 216 Å². The van der Waals surface area contributed by atoms with Crippen molar-refractivity contribution in [2.45, 2.75) is 13.5 Å². The number of methoxy groups -OCH3 is 2. The van der Waals surface area contributed by atoms with Gasteiger partial charge in [-0.15, -0.1) is 0 Å². The molecule has 11 heteroatoms. The first-order valence-corrected chi connectivity index (χ1v) is 11.5. The molecule has 0 bridgehead atoms. The minimum atomic E-state index is -0.456. The number of nitro groups is 1. The second-order valence-electron chi connectivity index (χ2n) is 7.24. The quantitative estimate of drug-likeness (QED) is 0.197. The van der Waals surface area contributed by atoms with Crippen molar-refractivity contribution in [3.05, 3.63) is 85.9 Å². The van der Waals surface area contributed by atoms with E-state index < -0.39 is 10.8 Å². The standard InChI is InChI=1S/C25H24BrN3O7/c1-4-35-22-13-18(7-10-21(22)33-2)25(30)28-27-14-17-11-20(26)24(23(12-17)34-3)36-15-16-5-8-19(9-6-16)29(31)32/h5-14H,4,15H2,1-3H3,(H,28,30)/b27-14+. The highest BCUT2D eigenvalue weighted by molar-refractivity contribution is 9.10. The van der Waals surface area contributed by atoms with Gasteiger partial charge in [0, 0.05) is 17.7 Å². The number of nitrogens with zero attached hydrogens (tertiary/aromatic N) is 2. The lowest BCUT2D eigenvalue weighted by Gasteiger charge is -2.13. The molecule has 0 aromatic heterocycles. The van der Waals surface area contributed by atoms with Crippen molar-refractivity contribution < 1.29 is 28.7 Å². The molecule has 0 spiro atoms. The number of nitrogens with one attached hydrogen (secondary N) is 1. The Morgan fingerprint density at radius 3 is 2.39 bits per heavy atom. The average molecular weight is 558 g/mol. The van der Waals surface area contributed by atoms with Crippen LogP contribution in [0.15, 0.2) is 64.2 Å². The lowest BCUT2D eigenvalue weighted by molar-refractivity contribution is -0.384. The molecule has 0 fully saturated rings. The molecular weight excluding hydrogens is 534 g/mol. The number of amides is 1. The Morgan fingerprint density at radius 2 is 1.75 bits per heavy atom. The van der Waals surface area contributed by atoms with Crippen LogP contribution in [-0.4, -0.2) is 37.9 Å².